The largest absolute Gasteiger partial charge is 0.303 e. The van der Waals surface area contributed by atoms with E-state index in [0.29, 0.717) is 0 Å². The fourth-order valence-corrected chi connectivity index (χ4v) is 3.13. The lowest BCUT2D eigenvalue weighted by molar-refractivity contribution is -0.118. The van der Waals surface area contributed by atoms with Crippen LogP contribution in [0.15, 0.2) is 0 Å². The molecule has 86 valence electrons. The van der Waals surface area contributed by atoms with Gasteiger partial charge in [0.25, 0.3) is 0 Å². The number of carbonyl (C=O) groups is 1. The van der Waals surface area contributed by atoms with Crippen molar-refractivity contribution < 1.29 is 4.79 Å². The minimum Gasteiger partial charge on any atom is -0.303 e. The van der Waals surface area contributed by atoms with Crippen molar-refractivity contribution in [2.45, 2.75) is 51.4 Å². The van der Waals surface area contributed by atoms with Gasteiger partial charge < -0.3 is 9.69 Å². The van der Waals surface area contributed by atoms with Gasteiger partial charge >= 0.3 is 0 Å². The van der Waals surface area contributed by atoms with Crippen LogP contribution < -0.4 is 0 Å². The molecule has 0 bridgehead atoms. The van der Waals surface area contributed by atoms with Crippen LogP contribution in [-0.2, 0) is 4.79 Å². The summed E-state index contributed by atoms with van der Waals surface area (Å²) in [5.74, 6) is 0. The zero-order chi connectivity index (χ0) is 10.6. The number of carbonyl (C=O) groups excluding carboxylic acids is 1. The average molecular weight is 209 g/mol. The van der Waals surface area contributed by atoms with Crippen molar-refractivity contribution in [3.05, 3.63) is 0 Å². The van der Waals surface area contributed by atoms with E-state index in [0.717, 1.165) is 19.4 Å². The minimum atomic E-state index is 0.0147. The average Bonchev–Trinajstić information content (AvgIpc) is 2.64. The lowest BCUT2D eigenvalue weighted by atomic mass is 9.81. The van der Waals surface area contributed by atoms with Crippen LogP contribution in [0.1, 0.15) is 51.4 Å². The Morgan fingerprint density at radius 3 is 2.07 bits per heavy atom. The van der Waals surface area contributed by atoms with Gasteiger partial charge in [0.15, 0.2) is 0 Å². The van der Waals surface area contributed by atoms with Crippen LogP contribution in [0.3, 0.4) is 0 Å². The van der Waals surface area contributed by atoms with Crippen LogP contribution in [0.5, 0.6) is 0 Å². The van der Waals surface area contributed by atoms with Crippen molar-refractivity contribution in [2.24, 2.45) is 5.41 Å². The van der Waals surface area contributed by atoms with E-state index >= 15 is 0 Å². The van der Waals surface area contributed by atoms with Crippen LogP contribution in [0.2, 0.25) is 0 Å². The summed E-state index contributed by atoms with van der Waals surface area (Å²) in [6.45, 7) is 3.47. The van der Waals surface area contributed by atoms with E-state index in [9.17, 15) is 4.79 Å². The van der Waals surface area contributed by atoms with E-state index in [1.165, 1.54) is 57.9 Å². The molecule has 2 fully saturated rings. The molecule has 1 saturated heterocycles. The van der Waals surface area contributed by atoms with Gasteiger partial charge in [-0.2, -0.15) is 0 Å². The highest BCUT2D eigenvalue weighted by molar-refractivity contribution is 5.59. The minimum absolute atomic E-state index is 0.0147. The van der Waals surface area contributed by atoms with Crippen LogP contribution in [0, 0.1) is 5.41 Å². The molecule has 1 saturated carbocycles. The SMILES string of the molecule is O=CC1(CN2CCCC2)CCCCCC1. The van der Waals surface area contributed by atoms with Gasteiger partial charge in [0.1, 0.15) is 6.29 Å². The lowest BCUT2D eigenvalue weighted by Gasteiger charge is -2.31. The highest BCUT2D eigenvalue weighted by atomic mass is 16.1. The van der Waals surface area contributed by atoms with Crippen LogP contribution in [-0.4, -0.2) is 30.8 Å². The molecule has 0 radical (unpaired) electrons. The first-order chi connectivity index (χ1) is 7.35. The molecule has 1 heterocycles. The van der Waals surface area contributed by atoms with Gasteiger partial charge in [-0.05, 0) is 38.8 Å². The number of hydrogen-bond acceptors (Lipinski definition) is 2. The molecule has 2 heteroatoms. The number of rotatable bonds is 3. The third-order valence-corrected chi connectivity index (χ3v) is 4.09. The zero-order valence-electron chi connectivity index (χ0n) is 9.71. The maximum absolute atomic E-state index is 11.4. The quantitative estimate of drug-likeness (QED) is 0.526. The summed E-state index contributed by atoms with van der Waals surface area (Å²) < 4.78 is 0. The van der Waals surface area contributed by atoms with E-state index in [4.69, 9.17) is 0 Å². The van der Waals surface area contributed by atoms with Crippen LogP contribution >= 0.6 is 0 Å². The van der Waals surface area contributed by atoms with E-state index in [1.807, 2.05) is 0 Å². The Kier molecular flexibility index (Phi) is 3.79. The monoisotopic (exact) mass is 209 g/mol. The third-order valence-electron chi connectivity index (χ3n) is 4.09. The molecule has 1 aliphatic carbocycles. The lowest BCUT2D eigenvalue weighted by Crippen LogP contribution is -2.37. The van der Waals surface area contributed by atoms with Gasteiger partial charge in [0, 0.05) is 12.0 Å². The molecule has 0 amide bonds. The topological polar surface area (TPSA) is 20.3 Å². The summed E-state index contributed by atoms with van der Waals surface area (Å²) in [6.07, 6.45) is 11.4. The van der Waals surface area contributed by atoms with Gasteiger partial charge in [0.05, 0.1) is 0 Å². The van der Waals surface area contributed by atoms with E-state index in [2.05, 4.69) is 4.90 Å². The van der Waals surface area contributed by atoms with Gasteiger partial charge in [-0.25, -0.2) is 0 Å². The standard InChI is InChI=1S/C13H23NO/c15-12-13(7-3-1-2-4-8-13)11-14-9-5-6-10-14/h12H,1-11H2. The molecule has 0 aromatic carbocycles. The normalized spacial score (nSPS) is 27.5. The van der Waals surface area contributed by atoms with Crippen LogP contribution in [0.4, 0.5) is 0 Å². The van der Waals surface area contributed by atoms with Gasteiger partial charge in [0.2, 0.25) is 0 Å². The molecule has 1 aliphatic heterocycles. The summed E-state index contributed by atoms with van der Waals surface area (Å²) in [7, 11) is 0. The van der Waals surface area contributed by atoms with Crippen LogP contribution in [0.25, 0.3) is 0 Å². The summed E-state index contributed by atoms with van der Waals surface area (Å²) >= 11 is 0. The Labute approximate surface area is 93.0 Å². The Morgan fingerprint density at radius 2 is 1.53 bits per heavy atom. The smallest absolute Gasteiger partial charge is 0.127 e. The highest BCUT2D eigenvalue weighted by Gasteiger charge is 2.33. The molecule has 2 nitrogen and oxygen atoms in total. The van der Waals surface area contributed by atoms with Gasteiger partial charge in [-0.3, -0.25) is 0 Å². The molecule has 2 aliphatic rings. The molecule has 0 unspecified atom stereocenters. The van der Waals surface area contributed by atoms with Crippen molar-refractivity contribution in [1.82, 2.24) is 4.90 Å². The molecule has 15 heavy (non-hydrogen) atoms. The molecule has 0 spiro atoms. The fraction of sp³-hybridized carbons (Fsp3) is 0.923. The van der Waals surface area contributed by atoms with Crippen molar-refractivity contribution in [1.29, 1.82) is 0 Å². The Morgan fingerprint density at radius 1 is 0.933 bits per heavy atom. The molecule has 0 aromatic heterocycles. The van der Waals surface area contributed by atoms with Gasteiger partial charge in [-0.1, -0.05) is 25.7 Å². The Bertz CT molecular complexity index is 201. The second kappa shape index (κ2) is 5.11. The Hall–Kier alpha value is -0.370. The first-order valence-corrected chi connectivity index (χ1v) is 6.53. The first kappa shape index (κ1) is 11.1. The molecule has 0 N–H and O–H groups in total. The highest BCUT2D eigenvalue weighted by Crippen LogP contribution is 2.34. The van der Waals surface area contributed by atoms with E-state index in [-0.39, 0.29) is 5.41 Å². The number of hydrogen-bond donors (Lipinski definition) is 0. The maximum atomic E-state index is 11.4. The second-order valence-electron chi connectivity index (χ2n) is 5.38. The van der Waals surface area contributed by atoms with E-state index < -0.39 is 0 Å². The summed E-state index contributed by atoms with van der Waals surface area (Å²) in [4.78, 5) is 13.9. The number of likely N-dealkylation sites (tertiary alicyclic amines) is 1. The predicted molar refractivity (Wildman–Crippen MR) is 61.9 cm³/mol. The fourth-order valence-electron chi connectivity index (χ4n) is 3.13. The summed E-state index contributed by atoms with van der Waals surface area (Å²) in [5.41, 5.74) is 0.0147. The van der Waals surface area contributed by atoms with E-state index in [1.54, 1.807) is 0 Å². The Balaban J connectivity index is 1.95. The van der Waals surface area contributed by atoms with Crippen molar-refractivity contribution in [2.75, 3.05) is 19.6 Å². The summed E-state index contributed by atoms with van der Waals surface area (Å²) in [6, 6.07) is 0. The predicted octanol–water partition coefficient (Wildman–Crippen LogP) is 2.62. The van der Waals surface area contributed by atoms with Gasteiger partial charge in [-0.15, -0.1) is 0 Å². The second-order valence-corrected chi connectivity index (χ2v) is 5.38. The number of nitrogens with zero attached hydrogens (tertiary/aromatic N) is 1. The molecule has 0 aromatic rings. The molecule has 0 atom stereocenters. The zero-order valence-corrected chi connectivity index (χ0v) is 9.71. The molecular formula is C13H23NO. The molecular weight excluding hydrogens is 186 g/mol. The first-order valence-electron chi connectivity index (χ1n) is 6.53. The third kappa shape index (κ3) is 2.81. The van der Waals surface area contributed by atoms with Crippen molar-refractivity contribution in [3.63, 3.8) is 0 Å². The van der Waals surface area contributed by atoms with Crippen molar-refractivity contribution >= 4 is 6.29 Å². The van der Waals surface area contributed by atoms with Crippen molar-refractivity contribution in [3.8, 4) is 0 Å². The molecule has 2 rings (SSSR count). The summed E-state index contributed by atoms with van der Waals surface area (Å²) in [5, 5.41) is 0. The number of aldehydes is 1. The maximum Gasteiger partial charge on any atom is 0.127 e.